The van der Waals surface area contributed by atoms with E-state index >= 15 is 0 Å². The molecule has 1 fully saturated rings. The lowest BCUT2D eigenvalue weighted by Gasteiger charge is -2.15. The number of aliphatic hydroxyl groups excluding tert-OH is 1. The highest BCUT2D eigenvalue weighted by atomic mass is 19.4. The Bertz CT molecular complexity index is 451. The molecule has 118 valence electrons. The zero-order valence-electron chi connectivity index (χ0n) is 11.7. The number of alkyl halides is 3. The summed E-state index contributed by atoms with van der Waals surface area (Å²) in [7, 11) is 0. The number of nitrogens with one attached hydrogen (secondary N) is 1. The van der Waals surface area contributed by atoms with E-state index in [1.165, 1.54) is 6.07 Å². The van der Waals surface area contributed by atoms with E-state index in [2.05, 4.69) is 5.32 Å². The third-order valence-electron chi connectivity index (χ3n) is 3.66. The molecule has 0 aliphatic heterocycles. The number of hydrogen-bond donors (Lipinski definition) is 2. The second kappa shape index (κ2) is 7.13. The maximum atomic E-state index is 12.1. The van der Waals surface area contributed by atoms with Gasteiger partial charge < -0.3 is 15.2 Å². The lowest BCUT2D eigenvalue weighted by atomic mass is 10.1. The fourth-order valence-corrected chi connectivity index (χ4v) is 2.57. The van der Waals surface area contributed by atoms with Gasteiger partial charge in [0.05, 0.1) is 6.10 Å². The van der Waals surface area contributed by atoms with Crippen LogP contribution in [0, 0.1) is 5.92 Å². The normalized spacial score (nSPS) is 22.5. The van der Waals surface area contributed by atoms with Gasteiger partial charge in [0.1, 0.15) is 5.75 Å². The molecule has 0 bridgehead atoms. The predicted molar refractivity (Wildman–Crippen MR) is 73.0 cm³/mol. The molecule has 2 N–H and O–H groups in total. The van der Waals surface area contributed by atoms with Crippen molar-refractivity contribution in [3.8, 4) is 5.75 Å². The SMILES string of the molecule is OC1CCCC1CNCc1cccc(OCC(F)(F)F)c1. The topological polar surface area (TPSA) is 41.5 Å². The van der Waals surface area contributed by atoms with Crippen LogP contribution >= 0.6 is 0 Å². The van der Waals surface area contributed by atoms with Crippen LogP contribution in [0.25, 0.3) is 0 Å². The average Bonchev–Trinajstić information content (AvgIpc) is 2.82. The van der Waals surface area contributed by atoms with Gasteiger partial charge in [-0.25, -0.2) is 0 Å². The van der Waals surface area contributed by atoms with E-state index in [9.17, 15) is 18.3 Å². The Labute approximate surface area is 122 Å². The van der Waals surface area contributed by atoms with Crippen molar-refractivity contribution < 1.29 is 23.0 Å². The molecular formula is C15H20F3NO2. The molecule has 1 saturated carbocycles. The summed E-state index contributed by atoms with van der Waals surface area (Å²) in [6, 6.07) is 6.62. The minimum atomic E-state index is -4.33. The van der Waals surface area contributed by atoms with Crippen molar-refractivity contribution in [2.75, 3.05) is 13.2 Å². The molecule has 0 radical (unpaired) electrons. The number of benzene rings is 1. The quantitative estimate of drug-likeness (QED) is 0.849. The van der Waals surface area contributed by atoms with Crippen LogP contribution in [0.3, 0.4) is 0 Å². The fourth-order valence-electron chi connectivity index (χ4n) is 2.57. The highest BCUT2D eigenvalue weighted by Gasteiger charge is 2.28. The molecular weight excluding hydrogens is 283 g/mol. The van der Waals surface area contributed by atoms with Crippen molar-refractivity contribution in [1.82, 2.24) is 5.32 Å². The highest BCUT2D eigenvalue weighted by Crippen LogP contribution is 2.25. The molecule has 3 nitrogen and oxygen atoms in total. The summed E-state index contributed by atoms with van der Waals surface area (Å²) < 4.78 is 41.0. The van der Waals surface area contributed by atoms with Gasteiger partial charge in [0.2, 0.25) is 0 Å². The van der Waals surface area contributed by atoms with E-state index in [1.54, 1.807) is 12.1 Å². The van der Waals surface area contributed by atoms with Crippen molar-refractivity contribution in [2.24, 2.45) is 5.92 Å². The van der Waals surface area contributed by atoms with Gasteiger partial charge in [0, 0.05) is 13.1 Å². The van der Waals surface area contributed by atoms with Gasteiger partial charge in [-0.05, 0) is 36.5 Å². The van der Waals surface area contributed by atoms with Crippen LogP contribution in [0.1, 0.15) is 24.8 Å². The molecule has 21 heavy (non-hydrogen) atoms. The van der Waals surface area contributed by atoms with E-state index in [4.69, 9.17) is 4.74 Å². The standard InChI is InChI=1S/C15H20F3NO2/c16-15(17,18)10-21-13-5-1-3-11(7-13)8-19-9-12-4-2-6-14(12)20/h1,3,5,7,12,14,19-20H,2,4,6,8-10H2. The summed E-state index contributed by atoms with van der Waals surface area (Å²) in [4.78, 5) is 0. The number of ether oxygens (including phenoxy) is 1. The Balaban J connectivity index is 1.78. The summed E-state index contributed by atoms with van der Waals surface area (Å²) >= 11 is 0. The highest BCUT2D eigenvalue weighted by molar-refractivity contribution is 5.28. The molecule has 0 amide bonds. The Morgan fingerprint density at radius 3 is 2.76 bits per heavy atom. The van der Waals surface area contributed by atoms with Crippen LogP contribution in [0.15, 0.2) is 24.3 Å². The minimum absolute atomic E-state index is 0.215. The third kappa shape index (κ3) is 5.55. The monoisotopic (exact) mass is 303 g/mol. The van der Waals surface area contributed by atoms with Crippen molar-refractivity contribution >= 4 is 0 Å². The molecule has 1 aromatic rings. The Kier molecular flexibility index (Phi) is 5.47. The smallest absolute Gasteiger partial charge is 0.422 e. The van der Waals surface area contributed by atoms with Crippen LogP contribution in [-0.4, -0.2) is 30.5 Å². The molecule has 0 heterocycles. The maximum Gasteiger partial charge on any atom is 0.422 e. The first kappa shape index (κ1) is 16.1. The van der Waals surface area contributed by atoms with Crippen LogP contribution in [0.5, 0.6) is 5.75 Å². The Morgan fingerprint density at radius 2 is 2.10 bits per heavy atom. The van der Waals surface area contributed by atoms with E-state index in [0.717, 1.165) is 31.4 Å². The number of hydrogen-bond acceptors (Lipinski definition) is 3. The van der Waals surface area contributed by atoms with Gasteiger partial charge >= 0.3 is 6.18 Å². The number of rotatable bonds is 6. The third-order valence-corrected chi connectivity index (χ3v) is 3.66. The zero-order chi connectivity index (χ0) is 15.3. The molecule has 1 aromatic carbocycles. The number of aliphatic hydroxyl groups is 1. The van der Waals surface area contributed by atoms with Crippen LogP contribution in [0.2, 0.25) is 0 Å². The largest absolute Gasteiger partial charge is 0.484 e. The van der Waals surface area contributed by atoms with Crippen LogP contribution in [0.4, 0.5) is 13.2 Å². The van der Waals surface area contributed by atoms with Crippen LogP contribution in [-0.2, 0) is 6.54 Å². The molecule has 0 spiro atoms. The molecule has 2 unspecified atom stereocenters. The van der Waals surface area contributed by atoms with Gasteiger partial charge in [0.15, 0.2) is 6.61 Å². The first-order chi connectivity index (χ1) is 9.94. The molecule has 2 atom stereocenters. The predicted octanol–water partition coefficient (Wildman–Crippen LogP) is 2.88. The maximum absolute atomic E-state index is 12.1. The van der Waals surface area contributed by atoms with Gasteiger partial charge in [-0.3, -0.25) is 0 Å². The second-order valence-corrected chi connectivity index (χ2v) is 5.44. The van der Waals surface area contributed by atoms with E-state index in [1.807, 2.05) is 6.07 Å². The van der Waals surface area contributed by atoms with Crippen molar-refractivity contribution in [2.45, 2.75) is 38.1 Å². The Hall–Kier alpha value is -1.27. The molecule has 0 saturated heterocycles. The minimum Gasteiger partial charge on any atom is -0.484 e. The first-order valence-electron chi connectivity index (χ1n) is 7.11. The summed E-state index contributed by atoms with van der Waals surface area (Å²) in [6.45, 7) is -0.0145. The lowest BCUT2D eigenvalue weighted by molar-refractivity contribution is -0.153. The van der Waals surface area contributed by atoms with E-state index in [-0.39, 0.29) is 17.8 Å². The summed E-state index contributed by atoms with van der Waals surface area (Å²) in [5, 5.41) is 12.9. The van der Waals surface area contributed by atoms with Gasteiger partial charge in [0.25, 0.3) is 0 Å². The Morgan fingerprint density at radius 1 is 1.29 bits per heavy atom. The molecule has 6 heteroatoms. The van der Waals surface area contributed by atoms with Gasteiger partial charge in [-0.1, -0.05) is 18.6 Å². The summed E-state index contributed by atoms with van der Waals surface area (Å²) in [5.41, 5.74) is 0.863. The van der Waals surface area contributed by atoms with Gasteiger partial charge in [-0.2, -0.15) is 13.2 Å². The van der Waals surface area contributed by atoms with Crippen LogP contribution < -0.4 is 10.1 Å². The molecule has 2 rings (SSSR count). The van der Waals surface area contributed by atoms with E-state index < -0.39 is 12.8 Å². The molecule has 0 aromatic heterocycles. The average molecular weight is 303 g/mol. The number of halogens is 3. The summed E-state index contributed by atoms with van der Waals surface area (Å²) in [5.74, 6) is 0.488. The molecule has 1 aliphatic rings. The first-order valence-corrected chi connectivity index (χ1v) is 7.11. The van der Waals surface area contributed by atoms with Crippen molar-refractivity contribution in [3.63, 3.8) is 0 Å². The van der Waals surface area contributed by atoms with Crippen molar-refractivity contribution in [3.05, 3.63) is 29.8 Å². The van der Waals surface area contributed by atoms with Crippen molar-refractivity contribution in [1.29, 1.82) is 0 Å². The fraction of sp³-hybridized carbons (Fsp3) is 0.600. The molecule has 1 aliphatic carbocycles. The summed E-state index contributed by atoms with van der Waals surface area (Å²) in [6.07, 6.45) is -1.64. The second-order valence-electron chi connectivity index (χ2n) is 5.44. The van der Waals surface area contributed by atoms with E-state index in [0.29, 0.717) is 6.54 Å². The zero-order valence-corrected chi connectivity index (χ0v) is 11.7. The lowest BCUT2D eigenvalue weighted by Crippen LogP contribution is -2.27. The van der Waals surface area contributed by atoms with Gasteiger partial charge in [-0.15, -0.1) is 0 Å².